The molecule has 1 aromatic heterocycles. The molecule has 3 nitrogen and oxygen atoms in total. The molecule has 3 atom stereocenters. The maximum absolute atomic E-state index is 4.45. The lowest BCUT2D eigenvalue weighted by molar-refractivity contribution is -0.117. The molecule has 0 aromatic carbocycles. The Balaban J connectivity index is 1.62. The fraction of sp³-hybridized carbons (Fsp3) is 0.824. The number of hydrogen-bond acceptors (Lipinski definition) is 2. The quantitative estimate of drug-likeness (QED) is 0.885. The largest absolute Gasteiger partial charge is 0.349 e. The van der Waals surface area contributed by atoms with Crippen LogP contribution < -0.4 is 5.32 Å². The van der Waals surface area contributed by atoms with E-state index in [1.807, 2.05) is 12.4 Å². The van der Waals surface area contributed by atoms with E-state index in [-0.39, 0.29) is 0 Å². The van der Waals surface area contributed by atoms with Crippen LogP contribution in [0.2, 0.25) is 0 Å². The van der Waals surface area contributed by atoms with Crippen molar-refractivity contribution in [3.8, 4) is 0 Å². The molecule has 0 spiro atoms. The summed E-state index contributed by atoms with van der Waals surface area (Å²) in [6.07, 6.45) is 13.7. The minimum absolute atomic E-state index is 0.528. The van der Waals surface area contributed by atoms with Gasteiger partial charge in [-0.15, -0.1) is 0 Å². The minimum Gasteiger partial charge on any atom is -0.349 e. The normalized spacial score (nSPS) is 43.9. The van der Waals surface area contributed by atoms with Gasteiger partial charge in [0.25, 0.3) is 0 Å². The van der Waals surface area contributed by atoms with Crippen LogP contribution in [0.25, 0.3) is 0 Å². The highest BCUT2D eigenvalue weighted by atomic mass is 14.9. The van der Waals surface area contributed by atoms with Gasteiger partial charge in [-0.05, 0) is 68.2 Å². The van der Waals surface area contributed by atoms with Crippen molar-refractivity contribution < 1.29 is 0 Å². The average Bonchev–Trinajstić information content (AvgIpc) is 2.85. The Morgan fingerprint density at radius 1 is 1.35 bits per heavy atom. The molecule has 1 aromatic rings. The number of nitrogens with zero attached hydrogens (tertiary/aromatic N) is 1. The van der Waals surface area contributed by atoms with Crippen LogP contribution in [0.1, 0.15) is 51.3 Å². The van der Waals surface area contributed by atoms with Gasteiger partial charge < -0.3 is 10.3 Å². The Morgan fingerprint density at radius 2 is 2.10 bits per heavy atom. The molecule has 5 rings (SSSR count). The van der Waals surface area contributed by atoms with E-state index in [1.54, 1.807) is 0 Å². The number of likely N-dealkylation sites (N-methyl/N-ethyl adjacent to an activating group) is 1. The van der Waals surface area contributed by atoms with Crippen molar-refractivity contribution in [3.63, 3.8) is 0 Å². The maximum atomic E-state index is 4.45. The predicted molar refractivity (Wildman–Crippen MR) is 80.4 cm³/mol. The first-order chi connectivity index (χ1) is 9.61. The first kappa shape index (κ1) is 12.9. The van der Waals surface area contributed by atoms with Crippen molar-refractivity contribution in [3.05, 3.63) is 18.2 Å². The first-order valence-electron chi connectivity index (χ1n) is 8.26. The van der Waals surface area contributed by atoms with Gasteiger partial charge in [0, 0.05) is 24.9 Å². The summed E-state index contributed by atoms with van der Waals surface area (Å²) in [4.78, 5) is 7.75. The predicted octanol–water partition coefficient (Wildman–Crippen LogP) is 3.15. The number of H-pyrrole nitrogens is 1. The molecular formula is C17H27N3. The van der Waals surface area contributed by atoms with Crippen LogP contribution in [0.4, 0.5) is 0 Å². The van der Waals surface area contributed by atoms with Gasteiger partial charge >= 0.3 is 0 Å². The molecule has 4 bridgehead atoms. The lowest BCUT2D eigenvalue weighted by Gasteiger charge is -2.63. The summed E-state index contributed by atoms with van der Waals surface area (Å²) < 4.78 is 0. The summed E-state index contributed by atoms with van der Waals surface area (Å²) in [5, 5.41) is 3.65. The van der Waals surface area contributed by atoms with Gasteiger partial charge in [0.15, 0.2) is 0 Å². The second-order valence-corrected chi connectivity index (χ2v) is 8.22. The van der Waals surface area contributed by atoms with Crippen LogP contribution in [-0.4, -0.2) is 23.1 Å². The molecule has 4 saturated carbocycles. The summed E-state index contributed by atoms with van der Waals surface area (Å²) >= 11 is 0. The summed E-state index contributed by atoms with van der Waals surface area (Å²) in [7, 11) is 2.15. The van der Waals surface area contributed by atoms with Crippen LogP contribution in [0.3, 0.4) is 0 Å². The van der Waals surface area contributed by atoms with Crippen molar-refractivity contribution in [1.82, 2.24) is 15.3 Å². The third-order valence-corrected chi connectivity index (χ3v) is 6.44. The standard InChI is InChI=1S/C17H27N3/c1-16-7-12-5-13(8-16)10-17(9-12,11-16)14(18-2)6-15-19-3-4-20-15/h3-4,12-14,18H,5-11H2,1-2H3,(H,19,20). The van der Waals surface area contributed by atoms with Gasteiger partial charge in [0.05, 0.1) is 0 Å². The van der Waals surface area contributed by atoms with Gasteiger partial charge in [-0.25, -0.2) is 4.98 Å². The Bertz CT molecular complexity index is 464. The molecule has 0 saturated heterocycles. The number of imidazole rings is 1. The summed E-state index contributed by atoms with van der Waals surface area (Å²) in [5.41, 5.74) is 1.16. The highest BCUT2D eigenvalue weighted by Crippen LogP contribution is 2.66. The summed E-state index contributed by atoms with van der Waals surface area (Å²) in [6.45, 7) is 2.55. The topological polar surface area (TPSA) is 40.7 Å². The van der Waals surface area contributed by atoms with E-state index in [0.29, 0.717) is 16.9 Å². The number of aromatic amines is 1. The molecule has 110 valence electrons. The van der Waals surface area contributed by atoms with Crippen LogP contribution in [-0.2, 0) is 6.42 Å². The van der Waals surface area contributed by atoms with E-state index >= 15 is 0 Å². The lowest BCUT2D eigenvalue weighted by Crippen LogP contribution is -2.58. The summed E-state index contributed by atoms with van der Waals surface area (Å²) in [6, 6.07) is 0.582. The zero-order chi connectivity index (χ0) is 13.8. The first-order valence-corrected chi connectivity index (χ1v) is 8.26. The van der Waals surface area contributed by atoms with Crippen LogP contribution in [0, 0.1) is 22.7 Å². The molecule has 3 heteroatoms. The maximum Gasteiger partial charge on any atom is 0.107 e. The van der Waals surface area contributed by atoms with E-state index in [9.17, 15) is 0 Å². The monoisotopic (exact) mass is 273 g/mol. The van der Waals surface area contributed by atoms with E-state index in [2.05, 4.69) is 29.3 Å². The van der Waals surface area contributed by atoms with Crippen molar-refractivity contribution in [2.75, 3.05) is 7.05 Å². The zero-order valence-corrected chi connectivity index (χ0v) is 12.8. The molecular weight excluding hydrogens is 246 g/mol. The molecule has 4 fully saturated rings. The number of aromatic nitrogens is 2. The molecule has 4 aliphatic carbocycles. The van der Waals surface area contributed by atoms with Crippen LogP contribution >= 0.6 is 0 Å². The second-order valence-electron chi connectivity index (χ2n) is 8.22. The highest BCUT2D eigenvalue weighted by Gasteiger charge is 2.58. The molecule has 0 radical (unpaired) electrons. The molecule has 1 heterocycles. The van der Waals surface area contributed by atoms with Crippen molar-refractivity contribution in [2.24, 2.45) is 22.7 Å². The third kappa shape index (κ3) is 1.93. The van der Waals surface area contributed by atoms with Crippen molar-refractivity contribution in [1.29, 1.82) is 0 Å². The van der Waals surface area contributed by atoms with Gasteiger partial charge in [0.1, 0.15) is 5.82 Å². The zero-order valence-electron chi connectivity index (χ0n) is 12.8. The van der Waals surface area contributed by atoms with Crippen molar-refractivity contribution in [2.45, 2.75) is 57.9 Å². The molecule has 2 N–H and O–H groups in total. The Kier molecular flexibility index (Phi) is 2.79. The number of rotatable bonds is 4. The van der Waals surface area contributed by atoms with Crippen LogP contribution in [0.15, 0.2) is 12.4 Å². The lowest BCUT2D eigenvalue weighted by atomic mass is 9.43. The molecule has 0 amide bonds. The Hall–Kier alpha value is -0.830. The Labute approximate surface area is 122 Å². The van der Waals surface area contributed by atoms with Gasteiger partial charge in [0.2, 0.25) is 0 Å². The van der Waals surface area contributed by atoms with E-state index in [1.165, 1.54) is 38.5 Å². The fourth-order valence-corrected chi connectivity index (χ4v) is 6.43. The van der Waals surface area contributed by atoms with E-state index < -0.39 is 0 Å². The minimum atomic E-state index is 0.528. The van der Waals surface area contributed by atoms with Crippen molar-refractivity contribution >= 4 is 0 Å². The number of nitrogens with one attached hydrogen (secondary N) is 2. The molecule has 3 unspecified atom stereocenters. The van der Waals surface area contributed by atoms with E-state index in [4.69, 9.17) is 0 Å². The summed E-state index contributed by atoms with van der Waals surface area (Å²) in [5.74, 6) is 3.13. The smallest absolute Gasteiger partial charge is 0.107 e. The molecule has 0 aliphatic heterocycles. The highest BCUT2D eigenvalue weighted by molar-refractivity contribution is 5.11. The van der Waals surface area contributed by atoms with E-state index in [0.717, 1.165) is 24.1 Å². The van der Waals surface area contributed by atoms with Gasteiger partial charge in [-0.1, -0.05) is 6.92 Å². The van der Waals surface area contributed by atoms with Gasteiger partial charge in [-0.3, -0.25) is 0 Å². The fourth-order valence-electron chi connectivity index (χ4n) is 6.43. The van der Waals surface area contributed by atoms with Gasteiger partial charge in [-0.2, -0.15) is 0 Å². The number of hydrogen-bond donors (Lipinski definition) is 2. The molecule has 4 aliphatic rings. The average molecular weight is 273 g/mol. The SMILES string of the molecule is CNC(Cc1ncc[nH]1)C12CC3CC(CC(C)(C3)C1)C2. The third-order valence-electron chi connectivity index (χ3n) is 6.44. The molecule has 20 heavy (non-hydrogen) atoms. The second kappa shape index (κ2) is 4.33. The Morgan fingerprint density at radius 3 is 2.65 bits per heavy atom. The van der Waals surface area contributed by atoms with Crippen LogP contribution in [0.5, 0.6) is 0 Å².